The van der Waals surface area contributed by atoms with Crippen LogP contribution >= 0.6 is 0 Å². The molecule has 2 aromatic rings. The number of ether oxygens (including phenoxy) is 2. The number of phenols is 1. The van der Waals surface area contributed by atoms with E-state index in [2.05, 4.69) is 26.0 Å². The largest absolute Gasteiger partial charge is 0.504 e. The van der Waals surface area contributed by atoms with Crippen LogP contribution in [0, 0.1) is 11.8 Å². The van der Waals surface area contributed by atoms with Gasteiger partial charge in [-0.25, -0.2) is 0 Å². The number of aromatic hydroxyl groups is 1. The molecule has 0 unspecified atom stereocenters. The third-order valence-electron chi connectivity index (χ3n) is 4.49. The van der Waals surface area contributed by atoms with Crippen molar-refractivity contribution in [3.63, 3.8) is 0 Å². The summed E-state index contributed by atoms with van der Waals surface area (Å²) in [5.74, 6) is 2.72. The number of rotatable bonds is 7. The highest BCUT2D eigenvalue weighted by Gasteiger charge is 2.15. The van der Waals surface area contributed by atoms with Gasteiger partial charge in [0.1, 0.15) is 5.75 Å². The van der Waals surface area contributed by atoms with E-state index in [0.717, 1.165) is 18.6 Å². The maximum atomic E-state index is 9.68. The maximum Gasteiger partial charge on any atom is 0.160 e. The normalized spacial score (nSPS) is 13.4. The number of phenolic OH excluding ortho intramolecular Hbond substituents is 1. The highest BCUT2D eigenvalue weighted by atomic mass is 16.5. The highest BCUT2D eigenvalue weighted by Crippen LogP contribution is 2.29. The van der Waals surface area contributed by atoms with Crippen molar-refractivity contribution in [2.24, 2.45) is 11.8 Å². The van der Waals surface area contributed by atoms with Crippen LogP contribution < -0.4 is 9.47 Å². The minimum absolute atomic E-state index is 0.190. The van der Waals surface area contributed by atoms with Crippen molar-refractivity contribution in [2.45, 2.75) is 26.7 Å². The lowest BCUT2D eigenvalue weighted by Gasteiger charge is -2.20. The van der Waals surface area contributed by atoms with E-state index in [9.17, 15) is 5.11 Å². The molecule has 2 atom stereocenters. The molecule has 0 saturated heterocycles. The molecule has 23 heavy (non-hydrogen) atoms. The van der Waals surface area contributed by atoms with Crippen molar-refractivity contribution in [3.8, 4) is 17.2 Å². The predicted molar refractivity (Wildman–Crippen MR) is 93.4 cm³/mol. The molecule has 0 heterocycles. The molecule has 0 aromatic heterocycles. The molecule has 124 valence electrons. The average Bonchev–Trinajstić information content (AvgIpc) is 2.57. The Morgan fingerprint density at radius 2 is 1.39 bits per heavy atom. The van der Waals surface area contributed by atoms with Crippen LogP contribution in [0.15, 0.2) is 42.5 Å². The number of benzene rings is 2. The van der Waals surface area contributed by atoms with Crippen LogP contribution in [0.1, 0.15) is 25.0 Å². The van der Waals surface area contributed by atoms with Gasteiger partial charge in [0.25, 0.3) is 0 Å². The van der Waals surface area contributed by atoms with Gasteiger partial charge in [0, 0.05) is 0 Å². The third kappa shape index (κ3) is 4.65. The molecule has 0 aliphatic carbocycles. The Labute approximate surface area is 138 Å². The second kappa shape index (κ2) is 7.91. The van der Waals surface area contributed by atoms with Gasteiger partial charge in [-0.3, -0.25) is 0 Å². The van der Waals surface area contributed by atoms with E-state index in [1.54, 1.807) is 20.3 Å². The first kappa shape index (κ1) is 17.2. The number of methoxy groups -OCH3 is 2. The molecule has 1 N–H and O–H groups in total. The summed E-state index contributed by atoms with van der Waals surface area (Å²) >= 11 is 0. The lowest BCUT2D eigenvalue weighted by molar-refractivity contribution is 0.367. The van der Waals surface area contributed by atoms with E-state index in [0.29, 0.717) is 17.6 Å². The standard InChI is InChI=1S/C20H26O3/c1-14(11-16-5-8-18(22-3)9-6-16)15(2)12-17-7-10-19(21)20(13-17)23-4/h5-10,13-15,21H,11-12H2,1-4H3/t14-,15-/m1/s1. The van der Waals surface area contributed by atoms with Crippen molar-refractivity contribution in [3.05, 3.63) is 53.6 Å². The summed E-state index contributed by atoms with van der Waals surface area (Å²) in [6, 6.07) is 13.9. The van der Waals surface area contributed by atoms with Gasteiger partial charge in [-0.1, -0.05) is 32.0 Å². The smallest absolute Gasteiger partial charge is 0.160 e. The average molecular weight is 314 g/mol. The second-order valence-electron chi connectivity index (χ2n) is 6.22. The molecule has 0 radical (unpaired) electrons. The van der Waals surface area contributed by atoms with Crippen LogP contribution in [0.4, 0.5) is 0 Å². The van der Waals surface area contributed by atoms with E-state index in [1.165, 1.54) is 11.1 Å². The summed E-state index contributed by atoms with van der Waals surface area (Å²) in [6.45, 7) is 4.56. The molecule has 0 fully saturated rings. The van der Waals surface area contributed by atoms with Crippen molar-refractivity contribution < 1.29 is 14.6 Å². The summed E-state index contributed by atoms with van der Waals surface area (Å²) in [6.07, 6.45) is 2.01. The van der Waals surface area contributed by atoms with Gasteiger partial charge >= 0.3 is 0 Å². The van der Waals surface area contributed by atoms with Crippen molar-refractivity contribution in [1.82, 2.24) is 0 Å². The summed E-state index contributed by atoms with van der Waals surface area (Å²) in [5.41, 5.74) is 2.52. The SMILES string of the molecule is COc1ccc(C[C@@H](C)[C@H](C)Cc2ccc(O)c(OC)c2)cc1. The Balaban J connectivity index is 1.97. The van der Waals surface area contributed by atoms with Gasteiger partial charge < -0.3 is 14.6 Å². The van der Waals surface area contributed by atoms with Gasteiger partial charge in [-0.15, -0.1) is 0 Å². The Morgan fingerprint density at radius 1 is 0.826 bits per heavy atom. The first-order valence-electron chi connectivity index (χ1n) is 8.02. The van der Waals surface area contributed by atoms with Crippen LogP contribution in [0.25, 0.3) is 0 Å². The Morgan fingerprint density at radius 3 is 1.96 bits per heavy atom. The first-order valence-corrected chi connectivity index (χ1v) is 8.02. The Bertz CT molecular complexity index is 619. The van der Waals surface area contributed by atoms with Crippen molar-refractivity contribution in [1.29, 1.82) is 0 Å². The minimum atomic E-state index is 0.190. The van der Waals surface area contributed by atoms with E-state index < -0.39 is 0 Å². The fourth-order valence-electron chi connectivity index (χ4n) is 2.76. The first-order chi connectivity index (χ1) is 11.0. The van der Waals surface area contributed by atoms with Crippen LogP contribution in [0.2, 0.25) is 0 Å². The fourth-order valence-corrected chi connectivity index (χ4v) is 2.76. The predicted octanol–water partition coefficient (Wildman–Crippen LogP) is 4.47. The minimum Gasteiger partial charge on any atom is -0.504 e. The van der Waals surface area contributed by atoms with Crippen LogP contribution in [-0.2, 0) is 12.8 Å². The van der Waals surface area contributed by atoms with Crippen molar-refractivity contribution in [2.75, 3.05) is 14.2 Å². The lowest BCUT2D eigenvalue weighted by Crippen LogP contribution is -2.13. The van der Waals surface area contributed by atoms with E-state index in [4.69, 9.17) is 9.47 Å². The van der Waals surface area contributed by atoms with Crippen LogP contribution in [0.3, 0.4) is 0 Å². The zero-order valence-electron chi connectivity index (χ0n) is 14.4. The van der Waals surface area contributed by atoms with Crippen LogP contribution in [0.5, 0.6) is 17.2 Å². The third-order valence-corrected chi connectivity index (χ3v) is 4.49. The van der Waals surface area contributed by atoms with Gasteiger partial charge in [-0.2, -0.15) is 0 Å². The molecule has 0 aliphatic heterocycles. The summed E-state index contributed by atoms with van der Waals surface area (Å²) in [7, 11) is 3.26. The highest BCUT2D eigenvalue weighted by molar-refractivity contribution is 5.41. The molecule has 0 aliphatic rings. The Kier molecular flexibility index (Phi) is 5.91. The second-order valence-corrected chi connectivity index (χ2v) is 6.22. The van der Waals surface area contributed by atoms with E-state index >= 15 is 0 Å². The van der Waals surface area contributed by atoms with E-state index in [1.807, 2.05) is 24.3 Å². The Hall–Kier alpha value is -2.16. The van der Waals surface area contributed by atoms with Gasteiger partial charge in [0.05, 0.1) is 14.2 Å². The fraction of sp³-hybridized carbons (Fsp3) is 0.400. The zero-order chi connectivity index (χ0) is 16.8. The number of hydrogen-bond acceptors (Lipinski definition) is 3. The molecule has 3 heteroatoms. The molecule has 2 rings (SSSR count). The molecule has 0 bridgehead atoms. The topological polar surface area (TPSA) is 38.7 Å². The monoisotopic (exact) mass is 314 g/mol. The summed E-state index contributed by atoms with van der Waals surface area (Å²) in [5, 5.41) is 9.68. The maximum absolute atomic E-state index is 9.68. The van der Waals surface area contributed by atoms with Crippen LogP contribution in [-0.4, -0.2) is 19.3 Å². The summed E-state index contributed by atoms with van der Waals surface area (Å²) in [4.78, 5) is 0. The molecule has 0 saturated carbocycles. The lowest BCUT2D eigenvalue weighted by atomic mass is 9.85. The van der Waals surface area contributed by atoms with Gasteiger partial charge in [-0.05, 0) is 60.1 Å². The number of hydrogen-bond donors (Lipinski definition) is 1. The molecular formula is C20H26O3. The van der Waals surface area contributed by atoms with E-state index in [-0.39, 0.29) is 5.75 Å². The molecule has 2 aromatic carbocycles. The molecule has 0 spiro atoms. The summed E-state index contributed by atoms with van der Waals surface area (Å²) < 4.78 is 10.4. The van der Waals surface area contributed by atoms with Crippen molar-refractivity contribution >= 4 is 0 Å². The zero-order valence-corrected chi connectivity index (χ0v) is 14.4. The van der Waals surface area contributed by atoms with Gasteiger partial charge in [0.2, 0.25) is 0 Å². The quantitative estimate of drug-likeness (QED) is 0.819. The molecule has 3 nitrogen and oxygen atoms in total. The molecular weight excluding hydrogens is 288 g/mol. The molecule has 0 amide bonds. The van der Waals surface area contributed by atoms with Gasteiger partial charge in [0.15, 0.2) is 11.5 Å².